The Kier molecular flexibility index (Phi) is 4.43. The topological polar surface area (TPSA) is 63.8 Å². The Bertz CT molecular complexity index is 497. The molecule has 0 aliphatic heterocycles. The second-order valence-electron chi connectivity index (χ2n) is 3.98. The number of halogens is 1. The second kappa shape index (κ2) is 6.06. The molecule has 0 amide bonds. The van der Waals surface area contributed by atoms with Gasteiger partial charge in [0.05, 0.1) is 6.04 Å². The lowest BCUT2D eigenvalue weighted by Gasteiger charge is -2.07. The van der Waals surface area contributed by atoms with Crippen molar-refractivity contribution in [2.75, 3.05) is 6.54 Å². The summed E-state index contributed by atoms with van der Waals surface area (Å²) < 4.78 is 6.53. The van der Waals surface area contributed by atoms with Crippen LogP contribution in [0, 0.1) is 0 Å². The van der Waals surface area contributed by atoms with Crippen molar-refractivity contribution >= 4 is 15.9 Å². The van der Waals surface area contributed by atoms with Crippen molar-refractivity contribution < 1.29 is 4.42 Å². The van der Waals surface area contributed by atoms with Crippen LogP contribution in [0.3, 0.4) is 0 Å². The quantitative estimate of drug-likeness (QED) is 0.920. The number of aromatic nitrogens is 3. The highest BCUT2D eigenvalue weighted by atomic mass is 79.9. The largest absolute Gasteiger partial charge is 0.418 e. The smallest absolute Gasteiger partial charge is 0.266 e. The summed E-state index contributed by atoms with van der Waals surface area (Å²) in [6.07, 6.45) is 2.78. The van der Waals surface area contributed by atoms with E-state index >= 15 is 0 Å². The Morgan fingerprint density at radius 2 is 2.22 bits per heavy atom. The molecule has 0 radical (unpaired) electrons. The molecule has 0 saturated heterocycles. The molecule has 18 heavy (non-hydrogen) atoms. The van der Waals surface area contributed by atoms with Gasteiger partial charge in [-0.25, -0.2) is 4.98 Å². The van der Waals surface area contributed by atoms with Crippen molar-refractivity contribution in [3.63, 3.8) is 0 Å². The standard InChI is InChI=1S/C12H15BrN4O/c1-3-6-14-8(2)11-16-17-12(18-11)10-5-4-9(13)7-15-10/h4-5,7-8,14H,3,6H2,1-2H3. The maximum atomic E-state index is 5.61. The molecule has 96 valence electrons. The molecule has 1 N–H and O–H groups in total. The second-order valence-corrected chi connectivity index (χ2v) is 4.90. The maximum Gasteiger partial charge on any atom is 0.266 e. The first kappa shape index (κ1) is 13.2. The zero-order valence-electron chi connectivity index (χ0n) is 10.4. The summed E-state index contributed by atoms with van der Waals surface area (Å²) in [5, 5.41) is 11.3. The predicted octanol–water partition coefficient (Wildman–Crippen LogP) is 2.95. The molecule has 0 saturated carbocycles. The van der Waals surface area contributed by atoms with E-state index in [9.17, 15) is 0 Å². The number of pyridine rings is 1. The van der Waals surface area contributed by atoms with E-state index in [0.717, 1.165) is 17.4 Å². The third-order valence-corrected chi connectivity index (χ3v) is 2.93. The molecule has 0 aliphatic carbocycles. The van der Waals surface area contributed by atoms with Crippen LogP contribution in [0.5, 0.6) is 0 Å². The van der Waals surface area contributed by atoms with Crippen LogP contribution in [0.4, 0.5) is 0 Å². The minimum Gasteiger partial charge on any atom is -0.418 e. The first-order valence-electron chi connectivity index (χ1n) is 5.89. The zero-order valence-corrected chi connectivity index (χ0v) is 11.9. The van der Waals surface area contributed by atoms with E-state index < -0.39 is 0 Å². The summed E-state index contributed by atoms with van der Waals surface area (Å²) >= 11 is 3.34. The van der Waals surface area contributed by atoms with E-state index in [4.69, 9.17) is 4.42 Å². The van der Waals surface area contributed by atoms with Crippen LogP contribution in [-0.2, 0) is 0 Å². The van der Waals surface area contributed by atoms with Crippen LogP contribution >= 0.6 is 15.9 Å². The van der Waals surface area contributed by atoms with Crippen LogP contribution in [0.15, 0.2) is 27.2 Å². The Morgan fingerprint density at radius 3 is 2.89 bits per heavy atom. The van der Waals surface area contributed by atoms with Crippen LogP contribution in [-0.4, -0.2) is 21.7 Å². The monoisotopic (exact) mass is 310 g/mol. The number of nitrogens with zero attached hydrogens (tertiary/aromatic N) is 3. The van der Waals surface area contributed by atoms with Gasteiger partial charge in [-0.2, -0.15) is 0 Å². The number of hydrogen-bond acceptors (Lipinski definition) is 5. The Balaban J connectivity index is 2.12. The summed E-state index contributed by atoms with van der Waals surface area (Å²) in [5.74, 6) is 1.03. The average molecular weight is 311 g/mol. The Labute approximate surface area is 114 Å². The molecule has 0 aromatic carbocycles. The van der Waals surface area contributed by atoms with E-state index in [1.165, 1.54) is 0 Å². The van der Waals surface area contributed by atoms with Gasteiger partial charge in [0.15, 0.2) is 0 Å². The molecular weight excluding hydrogens is 296 g/mol. The first-order valence-corrected chi connectivity index (χ1v) is 6.68. The van der Waals surface area contributed by atoms with Gasteiger partial charge < -0.3 is 9.73 Å². The summed E-state index contributed by atoms with van der Waals surface area (Å²) in [6, 6.07) is 3.79. The van der Waals surface area contributed by atoms with Crippen LogP contribution < -0.4 is 5.32 Å². The minimum atomic E-state index is 0.0571. The average Bonchev–Trinajstić information content (AvgIpc) is 2.86. The van der Waals surface area contributed by atoms with Crippen LogP contribution in [0.1, 0.15) is 32.2 Å². The molecule has 2 aromatic rings. The fourth-order valence-corrected chi connectivity index (χ4v) is 1.70. The van der Waals surface area contributed by atoms with E-state index in [1.54, 1.807) is 6.20 Å². The number of hydrogen-bond donors (Lipinski definition) is 1. The van der Waals surface area contributed by atoms with Crippen molar-refractivity contribution in [1.82, 2.24) is 20.5 Å². The lowest BCUT2D eigenvalue weighted by atomic mass is 10.3. The highest BCUT2D eigenvalue weighted by molar-refractivity contribution is 9.10. The molecule has 6 heteroatoms. The van der Waals surface area contributed by atoms with Gasteiger partial charge >= 0.3 is 0 Å². The summed E-state index contributed by atoms with van der Waals surface area (Å²) in [4.78, 5) is 4.22. The lowest BCUT2D eigenvalue weighted by Crippen LogP contribution is -2.19. The van der Waals surface area contributed by atoms with Crippen molar-refractivity contribution in [3.05, 3.63) is 28.7 Å². The lowest BCUT2D eigenvalue weighted by molar-refractivity contribution is 0.422. The molecule has 2 aromatic heterocycles. The van der Waals surface area contributed by atoms with Crippen LogP contribution in [0.25, 0.3) is 11.6 Å². The Hall–Kier alpha value is -1.27. The SMILES string of the molecule is CCCNC(C)c1nnc(-c2ccc(Br)cn2)o1. The van der Waals surface area contributed by atoms with Gasteiger partial charge in [-0.15, -0.1) is 10.2 Å². The summed E-state index contributed by atoms with van der Waals surface area (Å²) in [5.41, 5.74) is 0.680. The maximum absolute atomic E-state index is 5.61. The third-order valence-electron chi connectivity index (χ3n) is 2.46. The highest BCUT2D eigenvalue weighted by Gasteiger charge is 2.14. The number of rotatable bonds is 5. The summed E-state index contributed by atoms with van der Waals surface area (Å²) in [6.45, 7) is 5.04. The zero-order chi connectivity index (χ0) is 13.0. The van der Waals surface area contributed by atoms with E-state index in [2.05, 4.69) is 43.4 Å². The molecule has 0 bridgehead atoms. The fraction of sp³-hybridized carbons (Fsp3) is 0.417. The van der Waals surface area contributed by atoms with Gasteiger partial charge in [0.25, 0.3) is 5.89 Å². The molecule has 2 rings (SSSR count). The van der Waals surface area contributed by atoms with E-state index in [0.29, 0.717) is 17.5 Å². The molecule has 1 unspecified atom stereocenters. The highest BCUT2D eigenvalue weighted by Crippen LogP contribution is 2.20. The summed E-state index contributed by atoms with van der Waals surface area (Å²) in [7, 11) is 0. The van der Waals surface area contributed by atoms with Gasteiger partial charge in [0, 0.05) is 10.7 Å². The van der Waals surface area contributed by atoms with Crippen LogP contribution in [0.2, 0.25) is 0 Å². The molecular formula is C12H15BrN4O. The van der Waals surface area contributed by atoms with Gasteiger partial charge in [-0.3, -0.25) is 0 Å². The molecule has 2 heterocycles. The molecule has 0 fully saturated rings. The molecule has 1 atom stereocenters. The molecule has 0 aliphatic rings. The minimum absolute atomic E-state index is 0.0571. The van der Waals surface area contributed by atoms with Gasteiger partial charge in [-0.1, -0.05) is 6.92 Å². The Morgan fingerprint density at radius 1 is 1.39 bits per heavy atom. The van der Waals surface area contributed by atoms with E-state index in [1.807, 2.05) is 19.1 Å². The van der Waals surface area contributed by atoms with Gasteiger partial charge in [0.1, 0.15) is 5.69 Å². The fourth-order valence-electron chi connectivity index (χ4n) is 1.46. The van der Waals surface area contributed by atoms with Crippen molar-refractivity contribution in [1.29, 1.82) is 0 Å². The molecule has 5 nitrogen and oxygen atoms in total. The van der Waals surface area contributed by atoms with Gasteiger partial charge in [-0.05, 0) is 48.0 Å². The number of nitrogens with one attached hydrogen (secondary N) is 1. The van der Waals surface area contributed by atoms with Gasteiger partial charge in [0.2, 0.25) is 5.89 Å². The van der Waals surface area contributed by atoms with Crippen molar-refractivity contribution in [3.8, 4) is 11.6 Å². The van der Waals surface area contributed by atoms with Crippen molar-refractivity contribution in [2.45, 2.75) is 26.3 Å². The third kappa shape index (κ3) is 3.14. The predicted molar refractivity (Wildman–Crippen MR) is 71.9 cm³/mol. The normalized spacial score (nSPS) is 12.6. The first-order chi connectivity index (χ1) is 8.70. The van der Waals surface area contributed by atoms with E-state index in [-0.39, 0.29) is 6.04 Å². The molecule has 0 spiro atoms. The van der Waals surface area contributed by atoms with Crippen molar-refractivity contribution in [2.24, 2.45) is 0 Å².